The molecule has 0 radical (unpaired) electrons. The normalized spacial score (nSPS) is 17.2. The van der Waals surface area contributed by atoms with E-state index in [0.29, 0.717) is 41.4 Å². The van der Waals surface area contributed by atoms with Gasteiger partial charge in [0, 0.05) is 54.4 Å². The summed E-state index contributed by atoms with van der Waals surface area (Å²) in [5.74, 6) is -1.57. The second kappa shape index (κ2) is 15.9. The number of carboxylic acid groups (broad SMARTS) is 1. The molecule has 47 heavy (non-hydrogen) atoms. The molecule has 3 aromatic rings. The van der Waals surface area contributed by atoms with Gasteiger partial charge < -0.3 is 30.3 Å². The molecular formula is C35H39N5O6S. The topological polar surface area (TPSA) is 141 Å². The van der Waals surface area contributed by atoms with Crippen LogP contribution in [0.1, 0.15) is 51.9 Å². The minimum Gasteiger partial charge on any atom is -0.497 e. The minimum absolute atomic E-state index is 0.158. The van der Waals surface area contributed by atoms with Crippen molar-refractivity contribution in [2.45, 2.75) is 38.4 Å². The molecule has 0 saturated carbocycles. The summed E-state index contributed by atoms with van der Waals surface area (Å²) in [7, 11) is 3.12. The standard InChI is InChI=1S/C35H39N5O6S/c1-6-9-26(19-36-4)35(45)40-21-22(2)39(20-23(40)3)30-14-13-25(34(44)38-29(18-32(41)42)31-12-8-15-47-31)17-28(30)37-33(43)24-10-7-11-27(16-24)46-5/h6-17,19,22-23,29H,1,18,20-21H2,2-5H3,(H,37,43)(H,38,44)(H,41,42)/b26-9+,36-19?. The maximum Gasteiger partial charge on any atom is 0.305 e. The SMILES string of the molecule is C=C/C=C(\C=NC)C(=O)N1CC(C)N(c2ccc(C(=O)NC(CC(=O)O)c3cccs3)cc2NC(=O)c2cccc(OC)c2)CC1C. The third-order valence-corrected chi connectivity index (χ3v) is 8.76. The highest BCUT2D eigenvalue weighted by Crippen LogP contribution is 2.33. The Kier molecular flexibility index (Phi) is 11.7. The fourth-order valence-corrected chi connectivity index (χ4v) is 6.24. The lowest BCUT2D eigenvalue weighted by molar-refractivity contribution is -0.137. The van der Waals surface area contributed by atoms with E-state index in [9.17, 15) is 24.3 Å². The van der Waals surface area contributed by atoms with Gasteiger partial charge in [0.2, 0.25) is 0 Å². The van der Waals surface area contributed by atoms with E-state index >= 15 is 0 Å². The minimum atomic E-state index is -1.04. The zero-order chi connectivity index (χ0) is 34.1. The number of amides is 3. The molecule has 0 bridgehead atoms. The third-order valence-electron chi connectivity index (χ3n) is 7.78. The Morgan fingerprint density at radius 1 is 1.06 bits per heavy atom. The molecule has 3 amide bonds. The van der Waals surface area contributed by atoms with Gasteiger partial charge in [0.05, 0.1) is 36.5 Å². The average Bonchev–Trinajstić information content (AvgIpc) is 3.60. The first-order chi connectivity index (χ1) is 22.6. The number of nitrogens with zero attached hydrogens (tertiary/aromatic N) is 3. The number of carboxylic acids is 1. The number of hydrogen-bond acceptors (Lipinski definition) is 8. The highest BCUT2D eigenvalue weighted by molar-refractivity contribution is 7.10. The summed E-state index contributed by atoms with van der Waals surface area (Å²) in [4.78, 5) is 60.6. The lowest BCUT2D eigenvalue weighted by Gasteiger charge is -2.46. The van der Waals surface area contributed by atoms with Crippen LogP contribution in [0.2, 0.25) is 0 Å². The van der Waals surface area contributed by atoms with Crippen molar-refractivity contribution in [2.24, 2.45) is 4.99 Å². The highest BCUT2D eigenvalue weighted by atomic mass is 32.1. The fraction of sp³-hybridized carbons (Fsp3) is 0.286. The molecule has 246 valence electrons. The molecule has 1 aliphatic heterocycles. The van der Waals surface area contributed by atoms with E-state index in [4.69, 9.17) is 4.74 Å². The lowest BCUT2D eigenvalue weighted by Crippen LogP contribution is -2.58. The smallest absolute Gasteiger partial charge is 0.305 e. The van der Waals surface area contributed by atoms with Crippen LogP contribution >= 0.6 is 11.3 Å². The summed E-state index contributed by atoms with van der Waals surface area (Å²) in [6, 6.07) is 14.2. The number of allylic oxidation sites excluding steroid dienone is 2. The number of methoxy groups -OCH3 is 1. The summed E-state index contributed by atoms with van der Waals surface area (Å²) >= 11 is 1.36. The summed E-state index contributed by atoms with van der Waals surface area (Å²) in [5.41, 5.74) is 2.09. The van der Waals surface area contributed by atoms with E-state index in [1.807, 2.05) is 19.2 Å². The first kappa shape index (κ1) is 34.6. The van der Waals surface area contributed by atoms with E-state index < -0.39 is 23.8 Å². The van der Waals surface area contributed by atoms with Crippen LogP contribution in [0.4, 0.5) is 11.4 Å². The summed E-state index contributed by atoms with van der Waals surface area (Å²) < 4.78 is 5.29. The molecule has 2 aromatic carbocycles. The second-order valence-corrected chi connectivity index (χ2v) is 12.1. The number of carbonyl (C=O) groups is 4. The third kappa shape index (κ3) is 8.53. The van der Waals surface area contributed by atoms with Gasteiger partial charge in [-0.25, -0.2) is 0 Å². The van der Waals surface area contributed by atoms with Crippen molar-refractivity contribution in [3.63, 3.8) is 0 Å². The predicted molar refractivity (Wildman–Crippen MR) is 185 cm³/mol. The number of benzene rings is 2. The van der Waals surface area contributed by atoms with Gasteiger partial charge in [-0.15, -0.1) is 11.3 Å². The average molecular weight is 658 g/mol. The zero-order valence-electron chi connectivity index (χ0n) is 26.8. The molecule has 3 N–H and O–H groups in total. The molecule has 1 saturated heterocycles. The molecule has 3 unspecified atom stereocenters. The number of piperazine rings is 1. The van der Waals surface area contributed by atoms with E-state index in [1.54, 1.807) is 78.7 Å². The molecule has 3 atom stereocenters. The molecule has 0 spiro atoms. The Morgan fingerprint density at radius 2 is 1.83 bits per heavy atom. The van der Waals surface area contributed by atoms with Crippen molar-refractivity contribution in [3.05, 3.63) is 100 Å². The number of rotatable bonds is 12. The van der Waals surface area contributed by atoms with Gasteiger partial charge >= 0.3 is 5.97 Å². The molecular weight excluding hydrogens is 618 g/mol. The van der Waals surface area contributed by atoms with Crippen LogP contribution in [0.3, 0.4) is 0 Å². The highest BCUT2D eigenvalue weighted by Gasteiger charge is 2.34. The van der Waals surface area contributed by atoms with E-state index in [-0.39, 0.29) is 30.0 Å². The van der Waals surface area contributed by atoms with Crippen molar-refractivity contribution in [1.29, 1.82) is 0 Å². The van der Waals surface area contributed by atoms with Gasteiger partial charge in [-0.05, 0) is 67.8 Å². The van der Waals surface area contributed by atoms with Gasteiger partial charge in [-0.1, -0.05) is 24.8 Å². The molecule has 4 rings (SSSR count). The summed E-state index contributed by atoms with van der Waals surface area (Å²) in [6.45, 7) is 8.50. The van der Waals surface area contributed by atoms with E-state index in [2.05, 4.69) is 27.1 Å². The number of aliphatic carboxylic acids is 1. The number of anilines is 2. The first-order valence-electron chi connectivity index (χ1n) is 15.0. The quantitative estimate of drug-likeness (QED) is 0.138. The Morgan fingerprint density at radius 3 is 2.49 bits per heavy atom. The lowest BCUT2D eigenvalue weighted by atomic mass is 10.0. The zero-order valence-corrected chi connectivity index (χ0v) is 27.6. The second-order valence-electron chi connectivity index (χ2n) is 11.1. The first-order valence-corrected chi connectivity index (χ1v) is 15.9. The number of aliphatic imine (C=N–C) groups is 1. The van der Waals surface area contributed by atoms with Gasteiger partial charge in [-0.3, -0.25) is 24.2 Å². The number of ether oxygens (including phenoxy) is 1. The van der Waals surface area contributed by atoms with Gasteiger partial charge in [-0.2, -0.15) is 0 Å². The van der Waals surface area contributed by atoms with Gasteiger partial charge in [0.25, 0.3) is 17.7 Å². The Bertz CT molecular complexity index is 1690. The molecule has 2 heterocycles. The number of carbonyl (C=O) groups excluding carboxylic acids is 3. The van der Waals surface area contributed by atoms with Gasteiger partial charge in [0.15, 0.2) is 0 Å². The van der Waals surface area contributed by atoms with Crippen molar-refractivity contribution >= 4 is 52.6 Å². The largest absolute Gasteiger partial charge is 0.497 e. The van der Waals surface area contributed by atoms with Gasteiger partial charge in [0.1, 0.15) is 5.75 Å². The van der Waals surface area contributed by atoms with Crippen LogP contribution in [0.5, 0.6) is 5.75 Å². The van der Waals surface area contributed by atoms with Crippen LogP contribution in [0, 0.1) is 0 Å². The molecule has 11 nitrogen and oxygen atoms in total. The Hall–Kier alpha value is -5.23. The summed E-state index contributed by atoms with van der Waals surface area (Å²) in [5, 5.41) is 17.1. The molecule has 1 fully saturated rings. The van der Waals surface area contributed by atoms with Crippen LogP contribution < -0.4 is 20.3 Å². The maximum absolute atomic E-state index is 13.5. The van der Waals surface area contributed by atoms with Crippen molar-refractivity contribution < 1.29 is 29.0 Å². The van der Waals surface area contributed by atoms with Crippen LogP contribution in [-0.4, -0.2) is 79.2 Å². The monoisotopic (exact) mass is 657 g/mol. The van der Waals surface area contributed by atoms with Crippen molar-refractivity contribution in [3.8, 4) is 5.75 Å². The van der Waals surface area contributed by atoms with Crippen LogP contribution in [0.25, 0.3) is 0 Å². The Balaban J connectivity index is 1.67. The van der Waals surface area contributed by atoms with Crippen LogP contribution in [0.15, 0.2) is 89.3 Å². The number of hydrogen-bond donors (Lipinski definition) is 3. The van der Waals surface area contributed by atoms with Crippen molar-refractivity contribution in [2.75, 3.05) is 37.5 Å². The molecule has 12 heteroatoms. The van der Waals surface area contributed by atoms with E-state index in [0.717, 1.165) is 4.88 Å². The number of thiophene rings is 1. The van der Waals surface area contributed by atoms with Crippen LogP contribution in [-0.2, 0) is 9.59 Å². The summed E-state index contributed by atoms with van der Waals surface area (Å²) in [6.07, 6.45) is 4.42. The molecule has 1 aromatic heterocycles. The maximum atomic E-state index is 13.5. The Labute approximate surface area is 278 Å². The number of nitrogens with one attached hydrogen (secondary N) is 2. The fourth-order valence-electron chi connectivity index (χ4n) is 5.46. The molecule has 1 aliphatic rings. The molecule has 0 aliphatic carbocycles. The predicted octanol–water partition coefficient (Wildman–Crippen LogP) is 5.19. The van der Waals surface area contributed by atoms with E-state index in [1.165, 1.54) is 24.7 Å². The van der Waals surface area contributed by atoms with Crippen molar-refractivity contribution in [1.82, 2.24) is 10.2 Å².